The highest BCUT2D eigenvalue weighted by Gasteiger charge is 2.13. The summed E-state index contributed by atoms with van der Waals surface area (Å²) in [6.07, 6.45) is 0. The second kappa shape index (κ2) is 3.57. The highest BCUT2D eigenvalue weighted by Crippen LogP contribution is 2.27. The number of hydrogen-bond donors (Lipinski definition) is 1. The van der Waals surface area contributed by atoms with Crippen LogP contribution in [0.1, 0.15) is 36.9 Å². The molecule has 0 aliphatic rings. The van der Waals surface area contributed by atoms with E-state index in [9.17, 15) is 0 Å². The molecule has 0 radical (unpaired) electrons. The minimum Gasteiger partial charge on any atom is -0.361 e. The molecule has 0 aromatic carbocycles. The van der Waals surface area contributed by atoms with Gasteiger partial charge < -0.3 is 9.51 Å². The van der Waals surface area contributed by atoms with Crippen molar-refractivity contribution < 1.29 is 4.52 Å². The standard InChI is InChI=1S/C12H16N2O/c1-7(2)10-5-6-11(13-10)12-8(3)14-15-9(12)4/h5-7,13H,1-4H3. The molecule has 0 aliphatic heterocycles. The predicted octanol–water partition coefficient (Wildman–Crippen LogP) is 3.41. The molecule has 0 fully saturated rings. The van der Waals surface area contributed by atoms with Crippen molar-refractivity contribution in [3.63, 3.8) is 0 Å². The van der Waals surface area contributed by atoms with E-state index < -0.39 is 0 Å². The molecular formula is C12H16N2O. The molecule has 80 valence electrons. The fourth-order valence-corrected chi connectivity index (χ4v) is 1.76. The average molecular weight is 204 g/mol. The number of nitrogens with one attached hydrogen (secondary N) is 1. The second-order valence-corrected chi connectivity index (χ2v) is 4.18. The van der Waals surface area contributed by atoms with Gasteiger partial charge in [-0.15, -0.1) is 0 Å². The number of nitrogens with zero attached hydrogens (tertiary/aromatic N) is 1. The summed E-state index contributed by atoms with van der Waals surface area (Å²) in [6.45, 7) is 8.23. The van der Waals surface area contributed by atoms with E-state index in [0.29, 0.717) is 5.92 Å². The molecule has 3 nitrogen and oxygen atoms in total. The van der Waals surface area contributed by atoms with Gasteiger partial charge in [-0.3, -0.25) is 0 Å². The lowest BCUT2D eigenvalue weighted by atomic mass is 10.1. The van der Waals surface area contributed by atoms with Gasteiger partial charge >= 0.3 is 0 Å². The lowest BCUT2D eigenvalue weighted by molar-refractivity contribution is 0.393. The van der Waals surface area contributed by atoms with Crippen molar-refractivity contribution in [2.45, 2.75) is 33.6 Å². The number of aromatic amines is 1. The first-order valence-electron chi connectivity index (χ1n) is 5.21. The van der Waals surface area contributed by atoms with Crippen LogP contribution in [0.4, 0.5) is 0 Å². The minimum atomic E-state index is 0.513. The topological polar surface area (TPSA) is 41.8 Å². The second-order valence-electron chi connectivity index (χ2n) is 4.18. The molecule has 3 heteroatoms. The van der Waals surface area contributed by atoms with Crippen molar-refractivity contribution in [2.24, 2.45) is 0 Å². The Morgan fingerprint density at radius 3 is 2.47 bits per heavy atom. The first kappa shape index (κ1) is 10.0. The van der Waals surface area contributed by atoms with Gasteiger partial charge in [-0.2, -0.15) is 0 Å². The van der Waals surface area contributed by atoms with Crippen molar-refractivity contribution in [1.82, 2.24) is 10.1 Å². The molecule has 2 aromatic rings. The van der Waals surface area contributed by atoms with Crippen molar-refractivity contribution in [3.05, 3.63) is 29.3 Å². The van der Waals surface area contributed by atoms with Gasteiger partial charge in [-0.05, 0) is 31.9 Å². The van der Waals surface area contributed by atoms with Crippen LogP contribution >= 0.6 is 0 Å². The number of hydrogen-bond acceptors (Lipinski definition) is 2. The van der Waals surface area contributed by atoms with E-state index in [1.54, 1.807) is 0 Å². The zero-order valence-electron chi connectivity index (χ0n) is 9.59. The molecule has 0 bridgehead atoms. The van der Waals surface area contributed by atoms with E-state index >= 15 is 0 Å². The van der Waals surface area contributed by atoms with Gasteiger partial charge in [0.25, 0.3) is 0 Å². The Labute approximate surface area is 89.5 Å². The van der Waals surface area contributed by atoms with Crippen LogP contribution in [0.2, 0.25) is 0 Å². The van der Waals surface area contributed by atoms with Gasteiger partial charge in [0.2, 0.25) is 0 Å². The quantitative estimate of drug-likeness (QED) is 0.814. The third-order valence-corrected chi connectivity index (χ3v) is 2.63. The number of aromatic nitrogens is 2. The molecule has 0 aliphatic carbocycles. The molecule has 2 heterocycles. The fourth-order valence-electron chi connectivity index (χ4n) is 1.76. The summed E-state index contributed by atoms with van der Waals surface area (Å²) >= 11 is 0. The summed E-state index contributed by atoms with van der Waals surface area (Å²) in [6, 6.07) is 4.20. The first-order valence-corrected chi connectivity index (χ1v) is 5.21. The van der Waals surface area contributed by atoms with Crippen LogP contribution in [0, 0.1) is 13.8 Å². The molecule has 0 atom stereocenters. The summed E-state index contributed by atoms with van der Waals surface area (Å²) in [5.41, 5.74) is 4.35. The molecule has 15 heavy (non-hydrogen) atoms. The Bertz CT molecular complexity index is 446. The number of aryl methyl sites for hydroxylation is 2. The van der Waals surface area contributed by atoms with Crippen LogP contribution in [0.3, 0.4) is 0 Å². The largest absolute Gasteiger partial charge is 0.361 e. The van der Waals surface area contributed by atoms with Crippen molar-refractivity contribution in [1.29, 1.82) is 0 Å². The van der Waals surface area contributed by atoms with Gasteiger partial charge in [0.15, 0.2) is 0 Å². The van der Waals surface area contributed by atoms with Crippen LogP contribution in [0.15, 0.2) is 16.7 Å². The molecule has 0 saturated carbocycles. The third kappa shape index (κ3) is 1.69. The van der Waals surface area contributed by atoms with E-state index in [-0.39, 0.29) is 0 Å². The van der Waals surface area contributed by atoms with Crippen molar-refractivity contribution >= 4 is 0 Å². The zero-order valence-corrected chi connectivity index (χ0v) is 9.59. The van der Waals surface area contributed by atoms with Gasteiger partial charge in [-0.1, -0.05) is 19.0 Å². The lowest BCUT2D eigenvalue weighted by Crippen LogP contribution is -1.87. The third-order valence-electron chi connectivity index (χ3n) is 2.63. The maximum absolute atomic E-state index is 5.15. The van der Waals surface area contributed by atoms with E-state index in [1.165, 1.54) is 5.69 Å². The normalized spacial score (nSPS) is 11.3. The van der Waals surface area contributed by atoms with E-state index in [4.69, 9.17) is 4.52 Å². The zero-order chi connectivity index (χ0) is 11.0. The highest BCUT2D eigenvalue weighted by molar-refractivity contribution is 5.64. The fraction of sp³-hybridized carbons (Fsp3) is 0.417. The molecule has 1 N–H and O–H groups in total. The van der Waals surface area contributed by atoms with E-state index in [0.717, 1.165) is 22.7 Å². The van der Waals surface area contributed by atoms with E-state index in [2.05, 4.69) is 36.1 Å². The Balaban J connectivity index is 2.46. The SMILES string of the molecule is Cc1noc(C)c1-c1ccc(C(C)C)[nH]1. The first-order chi connectivity index (χ1) is 7.09. The molecule has 0 amide bonds. The van der Waals surface area contributed by atoms with Crippen LogP contribution in [-0.2, 0) is 0 Å². The molecule has 2 rings (SSSR count). The van der Waals surface area contributed by atoms with Gasteiger partial charge in [0.1, 0.15) is 5.76 Å². The number of H-pyrrole nitrogens is 1. The summed E-state index contributed by atoms with van der Waals surface area (Å²) < 4.78 is 5.15. The maximum Gasteiger partial charge on any atom is 0.143 e. The average Bonchev–Trinajstić information content (AvgIpc) is 2.73. The summed E-state index contributed by atoms with van der Waals surface area (Å²) in [5.74, 6) is 1.38. The maximum atomic E-state index is 5.15. The molecule has 0 unspecified atom stereocenters. The smallest absolute Gasteiger partial charge is 0.143 e. The van der Waals surface area contributed by atoms with Gasteiger partial charge in [0.05, 0.1) is 17.0 Å². The van der Waals surface area contributed by atoms with Crippen molar-refractivity contribution in [2.75, 3.05) is 0 Å². The molecule has 0 spiro atoms. The summed E-state index contributed by atoms with van der Waals surface area (Å²) in [4.78, 5) is 3.40. The Morgan fingerprint density at radius 1 is 1.27 bits per heavy atom. The molecule has 0 saturated heterocycles. The molecular weight excluding hydrogens is 188 g/mol. The van der Waals surface area contributed by atoms with E-state index in [1.807, 2.05) is 13.8 Å². The van der Waals surface area contributed by atoms with Crippen LogP contribution < -0.4 is 0 Å². The predicted molar refractivity (Wildman–Crippen MR) is 59.9 cm³/mol. The Kier molecular flexibility index (Phi) is 2.39. The van der Waals surface area contributed by atoms with Gasteiger partial charge in [0, 0.05) is 5.69 Å². The van der Waals surface area contributed by atoms with Crippen LogP contribution in [0.25, 0.3) is 11.3 Å². The van der Waals surface area contributed by atoms with Crippen molar-refractivity contribution in [3.8, 4) is 11.3 Å². The lowest BCUT2D eigenvalue weighted by Gasteiger charge is -2.00. The summed E-state index contributed by atoms with van der Waals surface area (Å²) in [7, 11) is 0. The monoisotopic (exact) mass is 204 g/mol. The van der Waals surface area contributed by atoms with Crippen LogP contribution in [-0.4, -0.2) is 10.1 Å². The minimum absolute atomic E-state index is 0.513. The summed E-state index contributed by atoms with van der Waals surface area (Å²) in [5, 5.41) is 3.95. The van der Waals surface area contributed by atoms with Crippen LogP contribution in [0.5, 0.6) is 0 Å². The van der Waals surface area contributed by atoms with Gasteiger partial charge in [-0.25, -0.2) is 0 Å². The Hall–Kier alpha value is -1.51. The highest BCUT2D eigenvalue weighted by atomic mass is 16.5. The molecule has 2 aromatic heterocycles. The number of rotatable bonds is 2. The Morgan fingerprint density at radius 2 is 2.00 bits per heavy atom.